The lowest BCUT2D eigenvalue weighted by Gasteiger charge is -2.17. The highest BCUT2D eigenvalue weighted by molar-refractivity contribution is 5.63. The van der Waals surface area contributed by atoms with Crippen LogP contribution in [0.2, 0.25) is 0 Å². The number of rotatable bonds is 2. The molecule has 0 aliphatic rings. The van der Waals surface area contributed by atoms with E-state index >= 15 is 0 Å². The van der Waals surface area contributed by atoms with E-state index in [1.54, 1.807) is 45.0 Å². The summed E-state index contributed by atoms with van der Waals surface area (Å²) in [5, 5.41) is 9.44. The zero-order valence-electron chi connectivity index (χ0n) is 10.1. The second kappa shape index (κ2) is 5.39. The number of para-hydroxylation sites is 1. The van der Waals surface area contributed by atoms with Crippen LogP contribution in [-0.4, -0.2) is 16.9 Å². The predicted octanol–water partition coefficient (Wildman–Crippen LogP) is 3.31. The third-order valence-electron chi connectivity index (χ3n) is 1.74. The highest BCUT2D eigenvalue weighted by atomic mass is 16.7. The van der Waals surface area contributed by atoms with Gasteiger partial charge in [-0.3, -0.25) is 0 Å². The first-order valence-electron chi connectivity index (χ1n) is 5.23. The molecule has 0 aliphatic heterocycles. The molecule has 0 saturated heterocycles. The van der Waals surface area contributed by atoms with Crippen LogP contribution in [0.3, 0.4) is 0 Å². The SMILES string of the molecule is CC(C)(C)OC(=O)OC=Cc1ccccc1O. The van der Waals surface area contributed by atoms with Crippen molar-refractivity contribution in [2.24, 2.45) is 0 Å². The summed E-state index contributed by atoms with van der Waals surface area (Å²) < 4.78 is 9.66. The molecule has 1 aromatic carbocycles. The quantitative estimate of drug-likeness (QED) is 0.632. The lowest BCUT2D eigenvalue weighted by molar-refractivity contribution is 0.0113. The third kappa shape index (κ3) is 5.06. The van der Waals surface area contributed by atoms with Crippen LogP contribution < -0.4 is 0 Å². The molecule has 1 aromatic rings. The van der Waals surface area contributed by atoms with Crippen molar-refractivity contribution in [1.29, 1.82) is 0 Å². The summed E-state index contributed by atoms with van der Waals surface area (Å²) in [5.74, 6) is 0.122. The van der Waals surface area contributed by atoms with Crippen molar-refractivity contribution < 1.29 is 19.4 Å². The van der Waals surface area contributed by atoms with Gasteiger partial charge < -0.3 is 14.6 Å². The van der Waals surface area contributed by atoms with Gasteiger partial charge in [0.05, 0.1) is 6.26 Å². The van der Waals surface area contributed by atoms with E-state index in [0.717, 1.165) is 0 Å². The number of phenolic OH excluding ortho intramolecular Hbond substituents is 1. The maximum absolute atomic E-state index is 11.2. The Hall–Kier alpha value is -1.97. The number of carbonyl (C=O) groups excluding carboxylic acids is 1. The molecule has 1 N–H and O–H groups in total. The molecule has 1 rings (SSSR count). The number of phenols is 1. The molecule has 0 amide bonds. The summed E-state index contributed by atoms with van der Waals surface area (Å²) in [5.41, 5.74) is -0.0177. The Kier molecular flexibility index (Phi) is 4.15. The van der Waals surface area contributed by atoms with Gasteiger partial charge in [-0.1, -0.05) is 18.2 Å². The van der Waals surface area contributed by atoms with Gasteiger partial charge in [-0.15, -0.1) is 0 Å². The van der Waals surface area contributed by atoms with Crippen LogP contribution in [0.4, 0.5) is 4.79 Å². The zero-order chi connectivity index (χ0) is 12.9. The van der Waals surface area contributed by atoms with Crippen LogP contribution in [0.25, 0.3) is 6.08 Å². The monoisotopic (exact) mass is 236 g/mol. The number of benzene rings is 1. The van der Waals surface area contributed by atoms with Crippen molar-refractivity contribution in [2.45, 2.75) is 26.4 Å². The first kappa shape index (κ1) is 13.1. The first-order chi connectivity index (χ1) is 7.88. The van der Waals surface area contributed by atoms with Gasteiger partial charge in [0.15, 0.2) is 0 Å². The van der Waals surface area contributed by atoms with E-state index in [2.05, 4.69) is 0 Å². The summed E-state index contributed by atoms with van der Waals surface area (Å²) in [6.45, 7) is 5.25. The third-order valence-corrected chi connectivity index (χ3v) is 1.74. The van der Waals surface area contributed by atoms with E-state index in [4.69, 9.17) is 9.47 Å². The van der Waals surface area contributed by atoms with E-state index in [1.165, 1.54) is 12.3 Å². The maximum Gasteiger partial charge on any atom is 0.513 e. The standard InChI is InChI=1S/C13H16O4/c1-13(2,3)17-12(15)16-9-8-10-6-4-5-7-11(10)14/h4-9,14H,1-3H3. The van der Waals surface area contributed by atoms with Gasteiger partial charge in [0.2, 0.25) is 0 Å². The van der Waals surface area contributed by atoms with Crippen LogP contribution in [0.15, 0.2) is 30.5 Å². The Morgan fingerprint density at radius 1 is 1.29 bits per heavy atom. The molecule has 4 heteroatoms. The van der Waals surface area contributed by atoms with Crippen molar-refractivity contribution in [2.75, 3.05) is 0 Å². The van der Waals surface area contributed by atoms with Gasteiger partial charge in [-0.05, 0) is 32.9 Å². The van der Waals surface area contributed by atoms with E-state index in [-0.39, 0.29) is 5.75 Å². The van der Waals surface area contributed by atoms with Crippen molar-refractivity contribution in [3.63, 3.8) is 0 Å². The molecule has 92 valence electrons. The van der Waals surface area contributed by atoms with E-state index < -0.39 is 11.8 Å². The Labute approximate surface area is 100 Å². The van der Waals surface area contributed by atoms with Gasteiger partial charge in [-0.2, -0.15) is 0 Å². The Morgan fingerprint density at radius 2 is 1.94 bits per heavy atom. The minimum atomic E-state index is -0.774. The summed E-state index contributed by atoms with van der Waals surface area (Å²) in [6, 6.07) is 6.73. The van der Waals surface area contributed by atoms with Gasteiger partial charge in [0.25, 0.3) is 0 Å². The average molecular weight is 236 g/mol. The first-order valence-corrected chi connectivity index (χ1v) is 5.23. The highest BCUT2D eigenvalue weighted by Gasteiger charge is 2.16. The smallest absolute Gasteiger partial charge is 0.507 e. The predicted molar refractivity (Wildman–Crippen MR) is 64.5 cm³/mol. The average Bonchev–Trinajstić information content (AvgIpc) is 2.18. The number of hydrogen-bond donors (Lipinski definition) is 1. The fraction of sp³-hybridized carbons (Fsp3) is 0.308. The van der Waals surface area contributed by atoms with Gasteiger partial charge in [0.1, 0.15) is 11.4 Å². The Bertz CT molecular complexity index is 416. The number of ether oxygens (including phenoxy) is 2. The van der Waals surface area contributed by atoms with E-state index in [1.807, 2.05) is 0 Å². The minimum absolute atomic E-state index is 0.122. The van der Waals surface area contributed by atoms with Crippen LogP contribution in [0.1, 0.15) is 26.3 Å². The van der Waals surface area contributed by atoms with Gasteiger partial charge >= 0.3 is 6.16 Å². The van der Waals surface area contributed by atoms with Crippen molar-refractivity contribution >= 4 is 12.2 Å². The maximum atomic E-state index is 11.2. The van der Waals surface area contributed by atoms with Crippen LogP contribution in [0, 0.1) is 0 Å². The molecule has 4 nitrogen and oxygen atoms in total. The Morgan fingerprint density at radius 3 is 2.53 bits per heavy atom. The fourth-order valence-corrected chi connectivity index (χ4v) is 1.07. The molecule has 0 fully saturated rings. The lowest BCUT2D eigenvalue weighted by Crippen LogP contribution is -2.23. The molecular weight excluding hydrogens is 220 g/mol. The van der Waals surface area contributed by atoms with Gasteiger partial charge in [0, 0.05) is 5.56 Å². The van der Waals surface area contributed by atoms with Crippen molar-refractivity contribution in [3.8, 4) is 5.75 Å². The molecule has 0 spiro atoms. The van der Waals surface area contributed by atoms with E-state index in [9.17, 15) is 9.90 Å². The Balaban J connectivity index is 2.51. The molecule has 0 saturated carbocycles. The minimum Gasteiger partial charge on any atom is -0.507 e. The fourth-order valence-electron chi connectivity index (χ4n) is 1.07. The zero-order valence-corrected chi connectivity index (χ0v) is 10.1. The number of hydrogen-bond acceptors (Lipinski definition) is 4. The summed E-state index contributed by atoms with van der Waals surface area (Å²) in [7, 11) is 0. The molecule has 0 aliphatic carbocycles. The number of aromatic hydroxyl groups is 1. The highest BCUT2D eigenvalue weighted by Crippen LogP contribution is 2.17. The van der Waals surface area contributed by atoms with Gasteiger partial charge in [-0.25, -0.2) is 4.79 Å². The molecule has 0 bridgehead atoms. The summed E-state index contributed by atoms with van der Waals surface area (Å²) in [6.07, 6.45) is 1.90. The number of carbonyl (C=O) groups is 1. The normalized spacial score (nSPS) is 11.5. The lowest BCUT2D eigenvalue weighted by atomic mass is 10.2. The van der Waals surface area contributed by atoms with E-state index in [0.29, 0.717) is 5.56 Å². The molecule has 0 radical (unpaired) electrons. The molecule has 0 aromatic heterocycles. The largest absolute Gasteiger partial charge is 0.513 e. The van der Waals surface area contributed by atoms with Crippen molar-refractivity contribution in [1.82, 2.24) is 0 Å². The molecule has 0 unspecified atom stereocenters. The summed E-state index contributed by atoms with van der Waals surface area (Å²) in [4.78, 5) is 11.2. The van der Waals surface area contributed by atoms with Crippen LogP contribution in [0.5, 0.6) is 5.75 Å². The van der Waals surface area contributed by atoms with Crippen molar-refractivity contribution in [3.05, 3.63) is 36.1 Å². The van der Waals surface area contributed by atoms with Crippen LogP contribution in [-0.2, 0) is 9.47 Å². The second-order valence-corrected chi connectivity index (χ2v) is 4.44. The topological polar surface area (TPSA) is 55.8 Å². The molecule has 0 heterocycles. The molecule has 0 atom stereocenters. The summed E-state index contributed by atoms with van der Waals surface area (Å²) >= 11 is 0. The molecule has 17 heavy (non-hydrogen) atoms. The second-order valence-electron chi connectivity index (χ2n) is 4.44. The van der Waals surface area contributed by atoms with Crippen LogP contribution >= 0.6 is 0 Å². The molecular formula is C13H16O4.